The van der Waals surface area contributed by atoms with Gasteiger partial charge in [0.05, 0.1) is 0 Å². The highest BCUT2D eigenvalue weighted by molar-refractivity contribution is 7.98. The molecule has 0 aliphatic heterocycles. The van der Waals surface area contributed by atoms with Crippen molar-refractivity contribution < 1.29 is 0 Å². The summed E-state index contributed by atoms with van der Waals surface area (Å²) in [6.07, 6.45) is 0. The monoisotopic (exact) mass is 445 g/mol. The highest BCUT2D eigenvalue weighted by Crippen LogP contribution is 2.34. The number of benzene rings is 3. The van der Waals surface area contributed by atoms with Crippen LogP contribution in [-0.2, 0) is 5.75 Å². The minimum atomic E-state index is 0.582. The Morgan fingerprint density at radius 1 is 0.786 bits per heavy atom. The highest BCUT2D eigenvalue weighted by atomic mass is 35.5. The summed E-state index contributed by atoms with van der Waals surface area (Å²) in [6, 6.07) is 23.1. The van der Waals surface area contributed by atoms with E-state index in [9.17, 15) is 0 Å². The Bertz CT molecular complexity index is 1090. The van der Waals surface area contributed by atoms with Gasteiger partial charge in [-0.1, -0.05) is 83.0 Å². The van der Waals surface area contributed by atoms with Crippen molar-refractivity contribution in [1.82, 2.24) is 14.8 Å². The molecule has 7 heteroatoms. The number of thioether (sulfide) groups is 1. The van der Waals surface area contributed by atoms with E-state index in [1.807, 2.05) is 77.4 Å². The van der Waals surface area contributed by atoms with Crippen LogP contribution in [0.2, 0.25) is 15.1 Å². The maximum absolute atomic E-state index is 6.32. The number of para-hydroxylation sites is 1. The third kappa shape index (κ3) is 4.06. The van der Waals surface area contributed by atoms with Gasteiger partial charge in [0.15, 0.2) is 11.0 Å². The molecule has 1 heterocycles. The zero-order chi connectivity index (χ0) is 19.5. The summed E-state index contributed by atoms with van der Waals surface area (Å²) in [7, 11) is 0. The Balaban J connectivity index is 1.76. The average Bonchev–Trinajstić information content (AvgIpc) is 3.12. The van der Waals surface area contributed by atoms with Crippen LogP contribution in [0.15, 0.2) is 78.0 Å². The standard InChI is InChI=1S/C21H14Cl3N3S/c22-15-7-4-6-14(12-15)20-25-26-21(27(20)16-8-2-1-3-9-16)28-13-17-18(23)10-5-11-19(17)24/h1-12H,13H2. The van der Waals surface area contributed by atoms with Crippen molar-refractivity contribution in [2.75, 3.05) is 0 Å². The molecule has 4 rings (SSSR count). The molecular formula is C21H14Cl3N3S. The molecule has 0 radical (unpaired) electrons. The molecule has 0 saturated heterocycles. The molecule has 0 aliphatic rings. The second kappa shape index (κ2) is 8.58. The molecule has 4 aromatic rings. The second-order valence-electron chi connectivity index (χ2n) is 5.98. The van der Waals surface area contributed by atoms with Crippen molar-refractivity contribution in [1.29, 1.82) is 0 Å². The fraction of sp³-hybridized carbons (Fsp3) is 0.0476. The Morgan fingerprint density at radius 2 is 1.50 bits per heavy atom. The first-order valence-corrected chi connectivity index (χ1v) is 10.6. The third-order valence-electron chi connectivity index (χ3n) is 4.14. The van der Waals surface area contributed by atoms with E-state index in [-0.39, 0.29) is 0 Å². The summed E-state index contributed by atoms with van der Waals surface area (Å²) in [5.74, 6) is 1.31. The maximum Gasteiger partial charge on any atom is 0.196 e. The zero-order valence-electron chi connectivity index (χ0n) is 14.5. The lowest BCUT2D eigenvalue weighted by Crippen LogP contribution is -1.99. The lowest BCUT2D eigenvalue weighted by Gasteiger charge is -2.11. The molecule has 0 fully saturated rings. The molecule has 140 valence electrons. The SMILES string of the molecule is Clc1cccc(-c2nnc(SCc3c(Cl)cccc3Cl)n2-c2ccccc2)c1. The van der Waals surface area contributed by atoms with Crippen LogP contribution in [0.3, 0.4) is 0 Å². The largest absolute Gasteiger partial charge is 0.270 e. The molecular weight excluding hydrogens is 433 g/mol. The molecule has 1 aromatic heterocycles. The van der Waals surface area contributed by atoms with Crippen LogP contribution in [0.1, 0.15) is 5.56 Å². The van der Waals surface area contributed by atoms with Crippen molar-refractivity contribution in [3.8, 4) is 17.1 Å². The Kier molecular flexibility index (Phi) is 5.93. The Labute approximate surface area is 182 Å². The van der Waals surface area contributed by atoms with Gasteiger partial charge >= 0.3 is 0 Å². The van der Waals surface area contributed by atoms with Gasteiger partial charge in [-0.2, -0.15) is 0 Å². The molecule has 0 N–H and O–H groups in total. The van der Waals surface area contributed by atoms with Gasteiger partial charge in [0.1, 0.15) is 0 Å². The molecule has 0 atom stereocenters. The van der Waals surface area contributed by atoms with Crippen LogP contribution in [0.4, 0.5) is 0 Å². The number of hydrogen-bond acceptors (Lipinski definition) is 3. The van der Waals surface area contributed by atoms with E-state index in [0.717, 1.165) is 27.8 Å². The summed E-state index contributed by atoms with van der Waals surface area (Å²) >= 11 is 20.3. The molecule has 0 aliphatic carbocycles. The maximum atomic E-state index is 6.32. The van der Waals surface area contributed by atoms with Crippen molar-refractivity contribution in [3.05, 3.63) is 93.4 Å². The van der Waals surface area contributed by atoms with Gasteiger partial charge in [-0.15, -0.1) is 10.2 Å². The minimum Gasteiger partial charge on any atom is -0.270 e. The highest BCUT2D eigenvalue weighted by Gasteiger charge is 2.17. The van der Waals surface area contributed by atoms with Crippen molar-refractivity contribution >= 4 is 46.6 Å². The molecule has 0 bridgehead atoms. The van der Waals surface area contributed by atoms with E-state index >= 15 is 0 Å². The minimum absolute atomic E-state index is 0.582. The van der Waals surface area contributed by atoms with Gasteiger partial charge in [-0.25, -0.2) is 0 Å². The van der Waals surface area contributed by atoms with E-state index in [0.29, 0.717) is 20.8 Å². The van der Waals surface area contributed by atoms with Gasteiger partial charge < -0.3 is 0 Å². The number of aromatic nitrogens is 3. The summed E-state index contributed by atoms with van der Waals surface area (Å²) < 4.78 is 2.01. The average molecular weight is 447 g/mol. The predicted octanol–water partition coefficient (Wildman–Crippen LogP) is 7.19. The van der Waals surface area contributed by atoms with Gasteiger partial charge in [0, 0.05) is 32.1 Å². The summed E-state index contributed by atoms with van der Waals surface area (Å²) in [4.78, 5) is 0. The number of rotatable bonds is 5. The number of halogens is 3. The second-order valence-corrected chi connectivity index (χ2v) is 8.17. The topological polar surface area (TPSA) is 30.7 Å². The zero-order valence-corrected chi connectivity index (χ0v) is 17.6. The molecule has 3 nitrogen and oxygen atoms in total. The predicted molar refractivity (Wildman–Crippen MR) is 118 cm³/mol. The third-order valence-corrected chi connectivity index (χ3v) is 6.04. The molecule has 0 saturated carbocycles. The number of hydrogen-bond donors (Lipinski definition) is 0. The molecule has 0 amide bonds. The fourth-order valence-corrected chi connectivity index (χ4v) is 4.68. The number of nitrogens with zero attached hydrogens (tertiary/aromatic N) is 3. The molecule has 28 heavy (non-hydrogen) atoms. The first-order valence-electron chi connectivity index (χ1n) is 8.46. The van der Waals surface area contributed by atoms with E-state index in [2.05, 4.69) is 10.2 Å². The van der Waals surface area contributed by atoms with Gasteiger partial charge in [-0.05, 0) is 42.0 Å². The summed E-state index contributed by atoms with van der Waals surface area (Å²) in [5, 5.41) is 11.5. The van der Waals surface area contributed by atoms with Crippen LogP contribution in [-0.4, -0.2) is 14.8 Å². The molecule has 0 unspecified atom stereocenters. The first-order chi connectivity index (χ1) is 13.6. The van der Waals surface area contributed by atoms with Crippen molar-refractivity contribution in [2.24, 2.45) is 0 Å². The fourth-order valence-electron chi connectivity index (χ4n) is 2.79. The first kappa shape index (κ1) is 19.3. The summed E-state index contributed by atoms with van der Waals surface area (Å²) in [5.41, 5.74) is 2.74. The Hall–Kier alpha value is -1.98. The van der Waals surface area contributed by atoms with Crippen molar-refractivity contribution in [3.63, 3.8) is 0 Å². The van der Waals surface area contributed by atoms with Gasteiger partial charge in [-0.3, -0.25) is 4.57 Å². The smallest absolute Gasteiger partial charge is 0.196 e. The lowest BCUT2D eigenvalue weighted by atomic mass is 10.2. The van der Waals surface area contributed by atoms with Crippen LogP contribution >= 0.6 is 46.6 Å². The molecule has 0 spiro atoms. The van der Waals surface area contributed by atoms with E-state index in [4.69, 9.17) is 34.8 Å². The van der Waals surface area contributed by atoms with Gasteiger partial charge in [0.2, 0.25) is 0 Å². The van der Waals surface area contributed by atoms with Crippen LogP contribution in [0.5, 0.6) is 0 Å². The quantitative estimate of drug-likeness (QED) is 0.304. The van der Waals surface area contributed by atoms with Crippen molar-refractivity contribution in [2.45, 2.75) is 10.9 Å². The molecule has 3 aromatic carbocycles. The van der Waals surface area contributed by atoms with E-state index in [1.165, 1.54) is 11.8 Å². The van der Waals surface area contributed by atoms with Gasteiger partial charge in [0.25, 0.3) is 0 Å². The van der Waals surface area contributed by atoms with E-state index in [1.54, 1.807) is 0 Å². The van der Waals surface area contributed by atoms with Crippen LogP contribution in [0, 0.1) is 0 Å². The van der Waals surface area contributed by atoms with Crippen LogP contribution in [0.25, 0.3) is 17.1 Å². The Morgan fingerprint density at radius 3 is 2.21 bits per heavy atom. The van der Waals surface area contributed by atoms with Crippen LogP contribution < -0.4 is 0 Å². The summed E-state index contributed by atoms with van der Waals surface area (Å²) in [6.45, 7) is 0. The lowest BCUT2D eigenvalue weighted by molar-refractivity contribution is 0.886. The normalized spacial score (nSPS) is 11.0. The van der Waals surface area contributed by atoms with E-state index < -0.39 is 0 Å².